The largest absolute Gasteiger partial charge is 0.453 e. The van der Waals surface area contributed by atoms with Crippen molar-refractivity contribution in [2.75, 3.05) is 33.3 Å². The first kappa shape index (κ1) is 13.9. The van der Waals surface area contributed by atoms with Crippen LogP contribution in [0.25, 0.3) is 0 Å². The average molecular weight is 266 g/mol. The van der Waals surface area contributed by atoms with Gasteiger partial charge in [0.05, 0.1) is 12.8 Å². The molecule has 1 aliphatic heterocycles. The van der Waals surface area contributed by atoms with Crippen LogP contribution in [-0.4, -0.2) is 59.0 Å². The maximum absolute atomic E-state index is 11.4. The highest BCUT2D eigenvalue weighted by Gasteiger charge is 2.22. The number of hydrogen-bond acceptors (Lipinski definition) is 4. The Labute approximate surface area is 113 Å². The Kier molecular flexibility index (Phi) is 4.42. The number of carbonyl (C=O) groups is 1. The molecule has 1 saturated heterocycles. The van der Waals surface area contributed by atoms with Crippen LogP contribution >= 0.6 is 0 Å². The Morgan fingerprint density at radius 2 is 2.05 bits per heavy atom. The number of rotatable bonds is 3. The molecule has 1 fully saturated rings. The molecule has 2 heterocycles. The Morgan fingerprint density at radius 3 is 2.63 bits per heavy atom. The Morgan fingerprint density at radius 1 is 1.37 bits per heavy atom. The highest BCUT2D eigenvalue weighted by molar-refractivity contribution is 5.67. The quantitative estimate of drug-likeness (QED) is 0.814. The number of methoxy groups -OCH3 is 1. The summed E-state index contributed by atoms with van der Waals surface area (Å²) in [4.78, 5) is 15.5. The molecule has 0 aliphatic carbocycles. The molecule has 0 unspecified atom stereocenters. The SMILES string of the molecule is CCc1nn(C)cc1CN1CCN(C(=O)OC)CC1. The minimum atomic E-state index is -0.227. The molecule has 1 aromatic rings. The van der Waals surface area contributed by atoms with E-state index in [1.54, 1.807) is 4.90 Å². The van der Waals surface area contributed by atoms with Gasteiger partial charge in [0, 0.05) is 51.5 Å². The summed E-state index contributed by atoms with van der Waals surface area (Å²) >= 11 is 0. The van der Waals surface area contributed by atoms with Gasteiger partial charge in [-0.05, 0) is 6.42 Å². The number of nitrogens with zero attached hydrogens (tertiary/aromatic N) is 4. The molecule has 19 heavy (non-hydrogen) atoms. The fourth-order valence-corrected chi connectivity index (χ4v) is 2.47. The molecule has 0 bridgehead atoms. The number of carbonyl (C=O) groups excluding carboxylic acids is 1. The maximum atomic E-state index is 11.4. The first-order valence-electron chi connectivity index (χ1n) is 6.70. The van der Waals surface area contributed by atoms with E-state index in [4.69, 9.17) is 4.74 Å². The van der Waals surface area contributed by atoms with E-state index in [0.717, 1.165) is 44.8 Å². The second-order valence-corrected chi connectivity index (χ2v) is 4.86. The third-order valence-corrected chi connectivity index (χ3v) is 3.53. The van der Waals surface area contributed by atoms with Crippen LogP contribution in [-0.2, 0) is 24.8 Å². The van der Waals surface area contributed by atoms with Gasteiger partial charge in [0.25, 0.3) is 0 Å². The summed E-state index contributed by atoms with van der Waals surface area (Å²) < 4.78 is 6.61. The lowest BCUT2D eigenvalue weighted by Crippen LogP contribution is -2.48. The van der Waals surface area contributed by atoms with Crippen molar-refractivity contribution in [3.63, 3.8) is 0 Å². The minimum absolute atomic E-state index is 0.227. The van der Waals surface area contributed by atoms with Crippen molar-refractivity contribution in [2.45, 2.75) is 19.9 Å². The zero-order valence-electron chi connectivity index (χ0n) is 11.9. The van der Waals surface area contributed by atoms with Crippen LogP contribution in [0.4, 0.5) is 4.79 Å². The normalized spacial score (nSPS) is 16.7. The van der Waals surface area contributed by atoms with Crippen molar-refractivity contribution in [1.29, 1.82) is 0 Å². The van der Waals surface area contributed by atoms with E-state index in [-0.39, 0.29) is 6.09 Å². The summed E-state index contributed by atoms with van der Waals surface area (Å²) in [7, 11) is 3.38. The highest BCUT2D eigenvalue weighted by Crippen LogP contribution is 2.13. The third kappa shape index (κ3) is 3.26. The zero-order chi connectivity index (χ0) is 13.8. The van der Waals surface area contributed by atoms with Gasteiger partial charge in [-0.15, -0.1) is 0 Å². The van der Waals surface area contributed by atoms with E-state index >= 15 is 0 Å². The molecule has 1 aliphatic rings. The van der Waals surface area contributed by atoms with Crippen LogP contribution in [0.15, 0.2) is 6.20 Å². The Balaban J connectivity index is 1.90. The summed E-state index contributed by atoms with van der Waals surface area (Å²) in [5.74, 6) is 0. The van der Waals surface area contributed by atoms with Crippen LogP contribution in [0.5, 0.6) is 0 Å². The van der Waals surface area contributed by atoms with Gasteiger partial charge < -0.3 is 9.64 Å². The number of aromatic nitrogens is 2. The lowest BCUT2D eigenvalue weighted by molar-refractivity contribution is 0.0888. The number of hydrogen-bond donors (Lipinski definition) is 0. The molecule has 0 aromatic carbocycles. The lowest BCUT2D eigenvalue weighted by atomic mass is 10.2. The summed E-state index contributed by atoms with van der Waals surface area (Å²) in [5.41, 5.74) is 2.45. The first-order chi connectivity index (χ1) is 9.13. The standard InChI is InChI=1S/C13H22N4O2/c1-4-12-11(9-15(2)14-12)10-16-5-7-17(8-6-16)13(18)19-3/h9H,4-8,10H2,1-3H3. The molecule has 0 saturated carbocycles. The summed E-state index contributed by atoms with van der Waals surface area (Å²) in [6.07, 6.45) is 2.82. The van der Waals surface area contributed by atoms with E-state index in [9.17, 15) is 4.79 Å². The van der Waals surface area contributed by atoms with E-state index in [2.05, 4.69) is 23.1 Å². The van der Waals surface area contributed by atoms with Crippen molar-refractivity contribution in [3.05, 3.63) is 17.5 Å². The number of amides is 1. The van der Waals surface area contributed by atoms with Crippen LogP contribution in [0.2, 0.25) is 0 Å². The molecule has 2 rings (SSSR count). The Hall–Kier alpha value is -1.56. The first-order valence-corrected chi connectivity index (χ1v) is 6.70. The monoisotopic (exact) mass is 266 g/mol. The van der Waals surface area contributed by atoms with Crippen molar-refractivity contribution < 1.29 is 9.53 Å². The lowest BCUT2D eigenvalue weighted by Gasteiger charge is -2.33. The van der Waals surface area contributed by atoms with Crippen molar-refractivity contribution in [2.24, 2.45) is 7.05 Å². The number of piperazine rings is 1. The van der Waals surface area contributed by atoms with Gasteiger partial charge in [-0.25, -0.2) is 4.79 Å². The van der Waals surface area contributed by atoms with Crippen molar-refractivity contribution >= 4 is 6.09 Å². The van der Waals surface area contributed by atoms with Crippen LogP contribution in [0.1, 0.15) is 18.2 Å². The molecule has 0 atom stereocenters. The number of aryl methyl sites for hydroxylation is 2. The van der Waals surface area contributed by atoms with Crippen LogP contribution in [0, 0.1) is 0 Å². The van der Waals surface area contributed by atoms with Gasteiger partial charge in [0.2, 0.25) is 0 Å². The predicted molar refractivity (Wildman–Crippen MR) is 71.8 cm³/mol. The van der Waals surface area contributed by atoms with Crippen LogP contribution < -0.4 is 0 Å². The highest BCUT2D eigenvalue weighted by atomic mass is 16.5. The van der Waals surface area contributed by atoms with E-state index in [0.29, 0.717) is 0 Å². The van der Waals surface area contributed by atoms with Gasteiger partial charge in [0.15, 0.2) is 0 Å². The summed E-state index contributed by atoms with van der Waals surface area (Å²) in [6, 6.07) is 0. The molecule has 6 heteroatoms. The molecule has 1 amide bonds. The Bertz CT molecular complexity index is 436. The average Bonchev–Trinajstić information content (AvgIpc) is 2.78. The smallest absolute Gasteiger partial charge is 0.409 e. The van der Waals surface area contributed by atoms with Gasteiger partial charge in [-0.1, -0.05) is 6.92 Å². The topological polar surface area (TPSA) is 50.6 Å². The second kappa shape index (κ2) is 6.06. The molecule has 0 N–H and O–H groups in total. The molecule has 0 radical (unpaired) electrons. The van der Waals surface area contributed by atoms with Gasteiger partial charge >= 0.3 is 6.09 Å². The number of ether oxygens (including phenoxy) is 1. The van der Waals surface area contributed by atoms with Crippen LogP contribution in [0.3, 0.4) is 0 Å². The fraction of sp³-hybridized carbons (Fsp3) is 0.692. The fourth-order valence-electron chi connectivity index (χ4n) is 2.47. The van der Waals surface area contributed by atoms with E-state index in [1.807, 2.05) is 11.7 Å². The maximum Gasteiger partial charge on any atom is 0.409 e. The summed E-state index contributed by atoms with van der Waals surface area (Å²) in [5, 5.41) is 4.46. The third-order valence-electron chi connectivity index (χ3n) is 3.53. The van der Waals surface area contributed by atoms with Crippen molar-refractivity contribution in [1.82, 2.24) is 19.6 Å². The minimum Gasteiger partial charge on any atom is -0.453 e. The molecule has 1 aromatic heterocycles. The van der Waals surface area contributed by atoms with Gasteiger partial charge in [0.1, 0.15) is 0 Å². The van der Waals surface area contributed by atoms with Gasteiger partial charge in [-0.3, -0.25) is 9.58 Å². The van der Waals surface area contributed by atoms with Crippen molar-refractivity contribution in [3.8, 4) is 0 Å². The van der Waals surface area contributed by atoms with Gasteiger partial charge in [-0.2, -0.15) is 5.10 Å². The predicted octanol–water partition coefficient (Wildman–Crippen LogP) is 0.867. The molecular formula is C13H22N4O2. The molecule has 6 nitrogen and oxygen atoms in total. The van der Waals surface area contributed by atoms with E-state index < -0.39 is 0 Å². The second-order valence-electron chi connectivity index (χ2n) is 4.86. The molecular weight excluding hydrogens is 244 g/mol. The zero-order valence-corrected chi connectivity index (χ0v) is 11.9. The molecule has 0 spiro atoms. The van der Waals surface area contributed by atoms with E-state index in [1.165, 1.54) is 12.7 Å². The summed E-state index contributed by atoms with van der Waals surface area (Å²) in [6.45, 7) is 6.26. The molecule has 106 valence electrons.